The zero-order valence-electron chi connectivity index (χ0n) is 9.90. The molecule has 0 amide bonds. The molecule has 1 N–H and O–H groups in total. The molecule has 3 heteroatoms. The summed E-state index contributed by atoms with van der Waals surface area (Å²) in [6, 6.07) is 9.30. The Hall–Kier alpha value is -0.280. The third-order valence-electron chi connectivity index (χ3n) is 2.74. The maximum atomic E-state index is 3.68. The molecule has 2 atom stereocenters. The van der Waals surface area contributed by atoms with Crippen LogP contribution in [0.25, 0.3) is 0 Å². The first-order valence-corrected chi connectivity index (χ1v) is 7.93. The van der Waals surface area contributed by atoms with Gasteiger partial charge in [0.2, 0.25) is 0 Å². The SMILES string of the molecule is CCSc1ccccc1NC1CSC(C)C1. The largest absolute Gasteiger partial charge is 0.381 e. The molecule has 1 nitrogen and oxygen atoms in total. The van der Waals surface area contributed by atoms with Crippen molar-refractivity contribution in [2.45, 2.75) is 36.5 Å². The number of rotatable bonds is 4. The number of anilines is 1. The van der Waals surface area contributed by atoms with Gasteiger partial charge in [-0.3, -0.25) is 0 Å². The lowest BCUT2D eigenvalue weighted by Gasteiger charge is -2.16. The second-order valence-electron chi connectivity index (χ2n) is 4.15. The fourth-order valence-corrected chi connectivity index (χ4v) is 3.92. The number of thioether (sulfide) groups is 2. The van der Waals surface area contributed by atoms with E-state index in [1.54, 1.807) is 0 Å². The van der Waals surface area contributed by atoms with E-state index >= 15 is 0 Å². The minimum absolute atomic E-state index is 0.651. The number of benzene rings is 1. The number of nitrogens with one attached hydrogen (secondary N) is 1. The lowest BCUT2D eigenvalue weighted by molar-refractivity contribution is 0.745. The van der Waals surface area contributed by atoms with E-state index in [-0.39, 0.29) is 0 Å². The minimum Gasteiger partial charge on any atom is -0.381 e. The molecule has 0 radical (unpaired) electrons. The van der Waals surface area contributed by atoms with E-state index in [9.17, 15) is 0 Å². The minimum atomic E-state index is 0.651. The Kier molecular flexibility index (Phi) is 4.47. The van der Waals surface area contributed by atoms with Gasteiger partial charge in [-0.2, -0.15) is 11.8 Å². The van der Waals surface area contributed by atoms with E-state index in [1.165, 1.54) is 22.8 Å². The summed E-state index contributed by atoms with van der Waals surface area (Å²) in [5, 5.41) is 4.49. The maximum Gasteiger partial charge on any atom is 0.0480 e. The molecule has 0 bridgehead atoms. The van der Waals surface area contributed by atoms with Crippen LogP contribution < -0.4 is 5.32 Å². The highest BCUT2D eigenvalue weighted by molar-refractivity contribution is 8.00. The van der Waals surface area contributed by atoms with Crippen molar-refractivity contribution >= 4 is 29.2 Å². The van der Waals surface area contributed by atoms with Crippen molar-refractivity contribution in [1.82, 2.24) is 0 Å². The average Bonchev–Trinajstić information content (AvgIpc) is 2.67. The molecule has 0 saturated carbocycles. The third-order valence-corrected chi connectivity index (χ3v) is 5.06. The smallest absolute Gasteiger partial charge is 0.0480 e. The molecule has 0 spiro atoms. The van der Waals surface area contributed by atoms with Crippen LogP contribution in [0.3, 0.4) is 0 Å². The van der Waals surface area contributed by atoms with Crippen molar-refractivity contribution in [3.63, 3.8) is 0 Å². The number of para-hydroxylation sites is 1. The Bertz CT molecular complexity index is 340. The summed E-state index contributed by atoms with van der Waals surface area (Å²) in [5.41, 5.74) is 1.31. The van der Waals surface area contributed by atoms with Crippen LogP contribution in [0.2, 0.25) is 0 Å². The summed E-state index contributed by atoms with van der Waals surface area (Å²) >= 11 is 3.99. The Balaban J connectivity index is 2.02. The van der Waals surface area contributed by atoms with Crippen LogP contribution in [0, 0.1) is 0 Å². The third kappa shape index (κ3) is 3.11. The molecular weight excluding hydrogens is 234 g/mol. The van der Waals surface area contributed by atoms with Crippen LogP contribution in [-0.2, 0) is 0 Å². The molecule has 1 fully saturated rings. The normalized spacial score (nSPS) is 24.6. The molecular formula is C13H19NS2. The molecule has 0 aromatic heterocycles. The Morgan fingerprint density at radius 3 is 2.94 bits per heavy atom. The zero-order chi connectivity index (χ0) is 11.4. The molecule has 0 aliphatic carbocycles. The topological polar surface area (TPSA) is 12.0 Å². The summed E-state index contributed by atoms with van der Waals surface area (Å²) in [5.74, 6) is 2.38. The highest BCUT2D eigenvalue weighted by atomic mass is 32.2. The van der Waals surface area contributed by atoms with E-state index < -0.39 is 0 Å². The van der Waals surface area contributed by atoms with Gasteiger partial charge in [-0.1, -0.05) is 26.0 Å². The molecule has 1 heterocycles. The second kappa shape index (κ2) is 5.87. The highest BCUT2D eigenvalue weighted by Crippen LogP contribution is 2.32. The molecule has 1 aromatic rings. The fraction of sp³-hybridized carbons (Fsp3) is 0.538. The predicted molar refractivity (Wildman–Crippen MR) is 76.8 cm³/mol. The summed E-state index contributed by atoms with van der Waals surface area (Å²) in [7, 11) is 0. The maximum absolute atomic E-state index is 3.68. The Labute approximate surface area is 107 Å². The molecule has 1 saturated heterocycles. The van der Waals surface area contributed by atoms with Gasteiger partial charge in [-0.05, 0) is 24.3 Å². The second-order valence-corrected chi connectivity index (χ2v) is 6.93. The highest BCUT2D eigenvalue weighted by Gasteiger charge is 2.21. The van der Waals surface area contributed by atoms with Gasteiger partial charge in [0.1, 0.15) is 0 Å². The average molecular weight is 253 g/mol. The van der Waals surface area contributed by atoms with Crippen molar-refractivity contribution in [3.05, 3.63) is 24.3 Å². The first-order chi connectivity index (χ1) is 7.79. The van der Waals surface area contributed by atoms with E-state index in [1.807, 2.05) is 11.8 Å². The summed E-state index contributed by atoms with van der Waals surface area (Å²) in [6.07, 6.45) is 1.29. The van der Waals surface area contributed by atoms with Crippen LogP contribution in [0.1, 0.15) is 20.3 Å². The summed E-state index contributed by atoms with van der Waals surface area (Å²) in [4.78, 5) is 1.38. The van der Waals surface area contributed by atoms with Gasteiger partial charge in [-0.25, -0.2) is 0 Å². The van der Waals surface area contributed by atoms with Crippen molar-refractivity contribution in [1.29, 1.82) is 0 Å². The molecule has 2 unspecified atom stereocenters. The molecule has 16 heavy (non-hydrogen) atoms. The van der Waals surface area contributed by atoms with Gasteiger partial charge < -0.3 is 5.32 Å². The van der Waals surface area contributed by atoms with E-state index in [0.717, 1.165) is 11.0 Å². The molecule has 1 aliphatic rings. The first kappa shape index (κ1) is 12.2. The van der Waals surface area contributed by atoms with Crippen LogP contribution in [0.15, 0.2) is 29.2 Å². The Morgan fingerprint density at radius 2 is 2.25 bits per heavy atom. The summed E-state index contributed by atoms with van der Waals surface area (Å²) < 4.78 is 0. The summed E-state index contributed by atoms with van der Waals surface area (Å²) in [6.45, 7) is 4.52. The van der Waals surface area contributed by atoms with Crippen LogP contribution in [0.5, 0.6) is 0 Å². The molecule has 2 rings (SSSR count). The fourth-order valence-electron chi connectivity index (χ4n) is 2.00. The van der Waals surface area contributed by atoms with Crippen LogP contribution in [0.4, 0.5) is 5.69 Å². The predicted octanol–water partition coefficient (Wildman–Crippen LogP) is 4.10. The van der Waals surface area contributed by atoms with Crippen molar-refractivity contribution in [2.75, 3.05) is 16.8 Å². The molecule has 88 valence electrons. The van der Waals surface area contributed by atoms with Crippen LogP contribution >= 0.6 is 23.5 Å². The lowest BCUT2D eigenvalue weighted by Crippen LogP contribution is -2.19. The van der Waals surface area contributed by atoms with Crippen molar-refractivity contribution in [3.8, 4) is 0 Å². The molecule has 1 aliphatic heterocycles. The van der Waals surface area contributed by atoms with Gasteiger partial charge in [0, 0.05) is 27.6 Å². The Morgan fingerprint density at radius 1 is 1.44 bits per heavy atom. The number of hydrogen-bond donors (Lipinski definition) is 1. The van der Waals surface area contributed by atoms with Crippen molar-refractivity contribution in [2.24, 2.45) is 0 Å². The van der Waals surface area contributed by atoms with Gasteiger partial charge >= 0.3 is 0 Å². The monoisotopic (exact) mass is 253 g/mol. The van der Waals surface area contributed by atoms with E-state index in [4.69, 9.17) is 0 Å². The first-order valence-electron chi connectivity index (χ1n) is 5.89. The van der Waals surface area contributed by atoms with Gasteiger partial charge in [0.05, 0.1) is 0 Å². The quantitative estimate of drug-likeness (QED) is 0.811. The van der Waals surface area contributed by atoms with E-state index in [2.05, 4.69) is 55.2 Å². The zero-order valence-corrected chi connectivity index (χ0v) is 11.5. The van der Waals surface area contributed by atoms with Gasteiger partial charge in [-0.15, -0.1) is 11.8 Å². The van der Waals surface area contributed by atoms with Crippen LogP contribution in [-0.4, -0.2) is 22.8 Å². The van der Waals surface area contributed by atoms with Crippen molar-refractivity contribution < 1.29 is 0 Å². The lowest BCUT2D eigenvalue weighted by atomic mass is 10.2. The van der Waals surface area contributed by atoms with Gasteiger partial charge in [0.15, 0.2) is 0 Å². The standard InChI is InChI=1S/C13H19NS2/c1-3-15-13-7-5-4-6-12(13)14-11-8-10(2)16-9-11/h4-7,10-11,14H,3,8-9H2,1-2H3. The van der Waals surface area contributed by atoms with E-state index in [0.29, 0.717) is 6.04 Å². The van der Waals surface area contributed by atoms with Gasteiger partial charge in [0.25, 0.3) is 0 Å². The molecule has 1 aromatic carbocycles. The number of hydrogen-bond acceptors (Lipinski definition) is 3.